The molecule has 30 heavy (non-hydrogen) atoms. The van der Waals surface area contributed by atoms with Crippen molar-refractivity contribution < 1.29 is 13.9 Å². The lowest BCUT2D eigenvalue weighted by molar-refractivity contribution is -0.145. The Morgan fingerprint density at radius 3 is 2.97 bits per heavy atom. The number of hydrogen-bond acceptors (Lipinski definition) is 7. The van der Waals surface area contributed by atoms with Gasteiger partial charge in [-0.05, 0) is 29.7 Å². The van der Waals surface area contributed by atoms with Crippen LogP contribution in [0, 0.1) is 0 Å². The SMILES string of the molecule is Nc1nc2cncc(N3CCOC(C(=O)N4CCc5cc(Cl)cc(Cl)c5C4)C3)c2o1. The van der Waals surface area contributed by atoms with E-state index in [1.807, 2.05) is 11.0 Å². The molecule has 1 atom stereocenters. The highest BCUT2D eigenvalue weighted by atomic mass is 35.5. The molecule has 1 aromatic carbocycles. The van der Waals surface area contributed by atoms with E-state index in [1.54, 1.807) is 23.4 Å². The van der Waals surface area contributed by atoms with Crippen molar-refractivity contribution in [1.29, 1.82) is 0 Å². The Morgan fingerprint density at radius 1 is 1.23 bits per heavy atom. The zero-order valence-corrected chi connectivity index (χ0v) is 17.5. The molecule has 2 aliphatic heterocycles. The Bertz CT molecular complexity index is 1140. The van der Waals surface area contributed by atoms with Crippen LogP contribution in [0.15, 0.2) is 28.9 Å². The van der Waals surface area contributed by atoms with E-state index in [1.165, 1.54) is 0 Å². The van der Waals surface area contributed by atoms with Gasteiger partial charge in [-0.25, -0.2) is 0 Å². The average Bonchev–Trinajstić information content (AvgIpc) is 3.13. The molecule has 2 aliphatic rings. The third-order valence-electron chi connectivity index (χ3n) is 5.54. The number of carbonyl (C=O) groups is 1. The zero-order valence-electron chi connectivity index (χ0n) is 16.0. The third-order valence-corrected chi connectivity index (χ3v) is 6.10. The predicted molar refractivity (Wildman–Crippen MR) is 114 cm³/mol. The number of oxazole rings is 1. The molecule has 2 N–H and O–H groups in total. The van der Waals surface area contributed by atoms with E-state index in [4.69, 9.17) is 38.1 Å². The van der Waals surface area contributed by atoms with E-state index in [0.717, 1.165) is 16.8 Å². The minimum Gasteiger partial charge on any atom is -0.421 e. The molecule has 1 amide bonds. The summed E-state index contributed by atoms with van der Waals surface area (Å²) in [5.41, 5.74) is 9.62. The van der Waals surface area contributed by atoms with Gasteiger partial charge in [0.05, 0.1) is 25.5 Å². The highest BCUT2D eigenvalue weighted by Gasteiger charge is 2.33. The smallest absolute Gasteiger partial charge is 0.293 e. The second-order valence-electron chi connectivity index (χ2n) is 7.40. The number of nitrogens with zero attached hydrogens (tertiary/aromatic N) is 4. The van der Waals surface area contributed by atoms with Crippen LogP contribution in [0.5, 0.6) is 0 Å². The van der Waals surface area contributed by atoms with Crippen molar-refractivity contribution in [2.24, 2.45) is 0 Å². The van der Waals surface area contributed by atoms with E-state index in [2.05, 4.69) is 9.97 Å². The molecular weight excluding hydrogens is 429 g/mol. The Kier molecular flexibility index (Phi) is 4.92. The zero-order chi connectivity index (χ0) is 20.8. The van der Waals surface area contributed by atoms with Gasteiger partial charge in [0.2, 0.25) is 0 Å². The number of aromatic nitrogens is 2. The van der Waals surface area contributed by atoms with E-state index in [-0.39, 0.29) is 11.9 Å². The summed E-state index contributed by atoms with van der Waals surface area (Å²) in [5, 5.41) is 1.20. The minimum absolute atomic E-state index is 0.0615. The number of hydrogen-bond donors (Lipinski definition) is 1. The fourth-order valence-electron chi connectivity index (χ4n) is 4.07. The number of benzene rings is 1. The Hall–Kier alpha value is -2.55. The molecule has 1 fully saturated rings. The molecule has 10 heteroatoms. The van der Waals surface area contributed by atoms with Crippen molar-refractivity contribution in [3.8, 4) is 0 Å². The molecule has 4 heterocycles. The molecule has 0 bridgehead atoms. The van der Waals surface area contributed by atoms with Crippen LogP contribution in [0.4, 0.5) is 11.7 Å². The lowest BCUT2D eigenvalue weighted by Crippen LogP contribution is -2.52. The summed E-state index contributed by atoms with van der Waals surface area (Å²) in [6.07, 6.45) is 3.41. The van der Waals surface area contributed by atoms with Gasteiger partial charge in [-0.2, -0.15) is 4.98 Å². The summed E-state index contributed by atoms with van der Waals surface area (Å²) >= 11 is 12.5. The summed E-state index contributed by atoms with van der Waals surface area (Å²) in [6.45, 7) is 2.45. The fourth-order valence-corrected chi connectivity index (χ4v) is 4.67. The molecule has 2 aromatic heterocycles. The van der Waals surface area contributed by atoms with Crippen LogP contribution >= 0.6 is 23.2 Å². The number of fused-ring (bicyclic) bond motifs is 2. The van der Waals surface area contributed by atoms with Gasteiger partial charge in [-0.15, -0.1) is 0 Å². The van der Waals surface area contributed by atoms with Gasteiger partial charge in [-0.1, -0.05) is 23.2 Å². The Labute approximate surface area is 182 Å². The predicted octanol–water partition coefficient (Wildman–Crippen LogP) is 2.90. The Morgan fingerprint density at radius 2 is 2.10 bits per heavy atom. The lowest BCUT2D eigenvalue weighted by atomic mass is 9.99. The number of pyridine rings is 1. The molecular formula is C20H19Cl2N5O3. The van der Waals surface area contributed by atoms with E-state index >= 15 is 0 Å². The van der Waals surface area contributed by atoms with E-state index in [0.29, 0.717) is 60.4 Å². The number of nitrogen functional groups attached to an aromatic ring is 1. The molecule has 0 saturated carbocycles. The number of halogens is 2. The van der Waals surface area contributed by atoms with Crippen molar-refractivity contribution in [1.82, 2.24) is 14.9 Å². The summed E-state index contributed by atoms with van der Waals surface area (Å²) in [5.74, 6) is -0.0615. The molecule has 1 saturated heterocycles. The van der Waals surface area contributed by atoms with Crippen LogP contribution in [0.2, 0.25) is 10.0 Å². The maximum Gasteiger partial charge on any atom is 0.293 e. The Balaban J connectivity index is 1.35. The monoisotopic (exact) mass is 447 g/mol. The highest BCUT2D eigenvalue weighted by molar-refractivity contribution is 6.35. The van der Waals surface area contributed by atoms with Crippen LogP contribution in [-0.2, 0) is 22.5 Å². The molecule has 5 rings (SSSR count). The van der Waals surface area contributed by atoms with Crippen LogP contribution in [0.25, 0.3) is 11.1 Å². The first kappa shape index (κ1) is 19.4. The topological polar surface area (TPSA) is 97.7 Å². The molecule has 1 unspecified atom stereocenters. The summed E-state index contributed by atoms with van der Waals surface area (Å²) in [4.78, 5) is 25.4. The van der Waals surface area contributed by atoms with Crippen molar-refractivity contribution in [3.63, 3.8) is 0 Å². The lowest BCUT2D eigenvalue weighted by Gasteiger charge is -2.37. The number of anilines is 2. The van der Waals surface area contributed by atoms with E-state index < -0.39 is 6.10 Å². The second kappa shape index (κ2) is 7.61. The van der Waals surface area contributed by atoms with Gasteiger partial charge in [0.15, 0.2) is 11.7 Å². The van der Waals surface area contributed by atoms with Crippen LogP contribution in [0.1, 0.15) is 11.1 Å². The minimum atomic E-state index is -0.595. The van der Waals surface area contributed by atoms with Crippen LogP contribution < -0.4 is 10.6 Å². The van der Waals surface area contributed by atoms with Crippen molar-refractivity contribution in [2.45, 2.75) is 19.1 Å². The number of nitrogens with two attached hydrogens (primary N) is 1. The largest absolute Gasteiger partial charge is 0.421 e. The first-order chi connectivity index (χ1) is 14.5. The molecule has 8 nitrogen and oxygen atoms in total. The molecule has 3 aromatic rings. The maximum atomic E-state index is 13.2. The first-order valence-electron chi connectivity index (χ1n) is 9.62. The quantitative estimate of drug-likeness (QED) is 0.644. The third kappa shape index (κ3) is 3.45. The standard InChI is InChI=1S/C20H19Cl2N5O3/c21-12-5-11-1-2-27(9-13(11)14(22)6-12)19(28)17-10-26(3-4-29-17)16-8-24-7-15-18(16)30-20(23)25-15/h5-8,17H,1-4,9-10H2,(H2,23,25). The molecule has 0 aliphatic carbocycles. The summed E-state index contributed by atoms with van der Waals surface area (Å²) in [7, 11) is 0. The van der Waals surface area contributed by atoms with Gasteiger partial charge < -0.3 is 24.7 Å². The number of ether oxygens (including phenoxy) is 1. The first-order valence-corrected chi connectivity index (χ1v) is 10.4. The molecule has 156 valence electrons. The van der Waals surface area contributed by atoms with Crippen molar-refractivity contribution in [3.05, 3.63) is 45.7 Å². The average molecular weight is 448 g/mol. The van der Waals surface area contributed by atoms with Crippen molar-refractivity contribution >= 4 is 51.9 Å². The van der Waals surface area contributed by atoms with Crippen LogP contribution in [-0.4, -0.2) is 53.1 Å². The maximum absolute atomic E-state index is 13.2. The van der Waals surface area contributed by atoms with Gasteiger partial charge in [0.1, 0.15) is 11.2 Å². The normalized spacial score (nSPS) is 19.2. The number of morpholine rings is 1. The second-order valence-corrected chi connectivity index (χ2v) is 8.24. The molecule has 0 spiro atoms. The number of amides is 1. The van der Waals surface area contributed by atoms with Gasteiger partial charge in [-0.3, -0.25) is 9.78 Å². The number of rotatable bonds is 2. The van der Waals surface area contributed by atoms with Crippen LogP contribution in [0.3, 0.4) is 0 Å². The number of carbonyl (C=O) groups excluding carboxylic acids is 1. The van der Waals surface area contributed by atoms with Gasteiger partial charge in [0, 0.05) is 29.7 Å². The highest BCUT2D eigenvalue weighted by Crippen LogP contribution is 2.32. The summed E-state index contributed by atoms with van der Waals surface area (Å²) < 4.78 is 11.4. The fraction of sp³-hybridized carbons (Fsp3) is 0.350. The van der Waals surface area contributed by atoms with Gasteiger partial charge in [0.25, 0.3) is 11.9 Å². The van der Waals surface area contributed by atoms with E-state index in [9.17, 15) is 4.79 Å². The summed E-state index contributed by atoms with van der Waals surface area (Å²) in [6, 6.07) is 3.72. The van der Waals surface area contributed by atoms with Crippen molar-refractivity contribution in [2.75, 3.05) is 36.9 Å². The van der Waals surface area contributed by atoms with Gasteiger partial charge >= 0.3 is 0 Å². The molecule has 0 radical (unpaired) electrons.